The summed E-state index contributed by atoms with van der Waals surface area (Å²) in [6, 6.07) is 4.94. The van der Waals surface area contributed by atoms with Crippen LogP contribution in [0.15, 0.2) is 22.7 Å². The third kappa shape index (κ3) is 2.48. The molecule has 0 fully saturated rings. The molecule has 1 unspecified atom stereocenters. The van der Waals surface area contributed by atoms with E-state index in [9.17, 15) is 8.78 Å². The van der Waals surface area contributed by atoms with E-state index in [1.54, 1.807) is 19.1 Å². The van der Waals surface area contributed by atoms with Crippen molar-refractivity contribution in [1.82, 2.24) is 0 Å². The predicted octanol–water partition coefficient (Wildman–Crippen LogP) is 3.06. The minimum Gasteiger partial charge on any atom is -0.382 e. The Morgan fingerprint density at radius 3 is 2.54 bits per heavy atom. The fraction of sp³-hybridized carbons (Fsp3) is 0.333. The fourth-order valence-electron chi connectivity index (χ4n) is 1.07. The third-order valence-corrected chi connectivity index (χ3v) is 2.29. The summed E-state index contributed by atoms with van der Waals surface area (Å²) in [5.41, 5.74) is 0.931. The second-order valence-corrected chi connectivity index (χ2v) is 3.70. The van der Waals surface area contributed by atoms with Crippen molar-refractivity contribution in [2.24, 2.45) is 0 Å². The molecule has 1 aromatic carbocycles. The minimum absolute atomic E-state index is 0.268. The highest BCUT2D eigenvalue weighted by Crippen LogP contribution is 2.26. The van der Waals surface area contributed by atoms with Crippen LogP contribution in [-0.4, -0.2) is 11.5 Å². The molecule has 0 aliphatic heterocycles. The first-order valence-electron chi connectivity index (χ1n) is 3.74. The lowest BCUT2D eigenvalue weighted by molar-refractivity contribution is -0.00615. The summed E-state index contributed by atoms with van der Waals surface area (Å²) in [4.78, 5) is 0. The maximum Gasteiger partial charge on any atom is 0.268 e. The van der Waals surface area contributed by atoms with Crippen LogP contribution in [0.1, 0.15) is 17.2 Å². The summed E-state index contributed by atoms with van der Waals surface area (Å²) in [6.07, 6.45) is -4.44. The van der Waals surface area contributed by atoms with Gasteiger partial charge in [0.25, 0.3) is 6.43 Å². The molecule has 0 saturated carbocycles. The second kappa shape index (κ2) is 4.15. The molecule has 0 heterocycles. The monoisotopic (exact) mass is 250 g/mol. The molecule has 13 heavy (non-hydrogen) atoms. The molecule has 0 amide bonds. The molecule has 1 atom stereocenters. The molecule has 72 valence electrons. The fourth-order valence-corrected chi connectivity index (χ4v) is 1.44. The van der Waals surface area contributed by atoms with E-state index in [-0.39, 0.29) is 5.56 Å². The van der Waals surface area contributed by atoms with Crippen LogP contribution in [0.4, 0.5) is 8.78 Å². The molecule has 0 bridgehead atoms. The summed E-state index contributed by atoms with van der Waals surface area (Å²) in [5.74, 6) is 0. The molecule has 0 aliphatic carbocycles. The molecular formula is C9H9BrF2O. The largest absolute Gasteiger partial charge is 0.382 e. The Hall–Kier alpha value is -0.480. The van der Waals surface area contributed by atoms with E-state index in [2.05, 4.69) is 15.9 Å². The molecule has 0 aliphatic rings. The van der Waals surface area contributed by atoms with Crippen molar-refractivity contribution in [3.05, 3.63) is 33.8 Å². The van der Waals surface area contributed by atoms with Crippen LogP contribution in [0.25, 0.3) is 0 Å². The van der Waals surface area contributed by atoms with Crippen LogP contribution in [0, 0.1) is 6.92 Å². The average Bonchev–Trinajstić information content (AvgIpc) is 2.08. The molecule has 4 heteroatoms. The van der Waals surface area contributed by atoms with Gasteiger partial charge in [0.2, 0.25) is 0 Å². The van der Waals surface area contributed by atoms with Crippen molar-refractivity contribution < 1.29 is 13.9 Å². The van der Waals surface area contributed by atoms with E-state index in [0.717, 1.165) is 0 Å². The number of aliphatic hydroxyl groups excluding tert-OH is 1. The molecule has 1 aromatic rings. The van der Waals surface area contributed by atoms with Gasteiger partial charge in [-0.2, -0.15) is 0 Å². The summed E-state index contributed by atoms with van der Waals surface area (Å²) < 4.78 is 25.0. The normalized spacial score (nSPS) is 13.4. The zero-order valence-corrected chi connectivity index (χ0v) is 8.55. The van der Waals surface area contributed by atoms with E-state index >= 15 is 0 Å². The quantitative estimate of drug-likeness (QED) is 0.856. The van der Waals surface area contributed by atoms with Gasteiger partial charge >= 0.3 is 0 Å². The lowest BCUT2D eigenvalue weighted by Crippen LogP contribution is -2.09. The number of hydrogen-bond donors (Lipinski definition) is 1. The highest BCUT2D eigenvalue weighted by Gasteiger charge is 2.20. The van der Waals surface area contributed by atoms with Gasteiger partial charge in [-0.1, -0.05) is 22.0 Å². The average molecular weight is 251 g/mol. The number of benzene rings is 1. The SMILES string of the molecule is Cc1ccc(Br)cc1C(O)C(F)F. The second-order valence-electron chi connectivity index (χ2n) is 2.78. The molecule has 0 saturated heterocycles. The standard InChI is InChI=1S/C9H9BrF2O/c1-5-2-3-6(10)4-7(5)8(13)9(11)12/h2-4,8-9,13H,1H3. The van der Waals surface area contributed by atoms with Gasteiger partial charge in [-0.3, -0.25) is 0 Å². The zero-order chi connectivity index (χ0) is 10.0. The van der Waals surface area contributed by atoms with E-state index in [0.29, 0.717) is 10.0 Å². The number of rotatable bonds is 2. The van der Waals surface area contributed by atoms with Gasteiger partial charge in [0, 0.05) is 4.47 Å². The molecule has 1 nitrogen and oxygen atoms in total. The number of hydrogen-bond acceptors (Lipinski definition) is 1. The minimum atomic E-state index is -2.74. The number of alkyl halides is 2. The Labute approximate surface area is 83.5 Å². The predicted molar refractivity (Wildman–Crippen MR) is 49.8 cm³/mol. The van der Waals surface area contributed by atoms with Crippen LogP contribution in [0.5, 0.6) is 0 Å². The number of aliphatic hydroxyl groups is 1. The van der Waals surface area contributed by atoms with Gasteiger partial charge in [-0.25, -0.2) is 8.78 Å². The van der Waals surface area contributed by atoms with Crippen LogP contribution in [0.2, 0.25) is 0 Å². The highest BCUT2D eigenvalue weighted by atomic mass is 79.9. The lowest BCUT2D eigenvalue weighted by Gasteiger charge is -2.12. The van der Waals surface area contributed by atoms with Crippen LogP contribution < -0.4 is 0 Å². The van der Waals surface area contributed by atoms with Gasteiger partial charge in [0.1, 0.15) is 6.10 Å². The Kier molecular flexibility index (Phi) is 3.39. The molecule has 0 radical (unpaired) electrons. The summed E-state index contributed by atoms with van der Waals surface area (Å²) in [7, 11) is 0. The Bertz CT molecular complexity index is 302. The zero-order valence-electron chi connectivity index (χ0n) is 6.97. The Balaban J connectivity index is 3.05. The highest BCUT2D eigenvalue weighted by molar-refractivity contribution is 9.10. The molecular weight excluding hydrogens is 242 g/mol. The van der Waals surface area contributed by atoms with Gasteiger partial charge in [-0.15, -0.1) is 0 Å². The first-order valence-corrected chi connectivity index (χ1v) is 4.54. The summed E-state index contributed by atoms with van der Waals surface area (Å²) >= 11 is 3.16. The van der Waals surface area contributed by atoms with E-state index in [1.807, 2.05) is 0 Å². The molecule has 0 aromatic heterocycles. The van der Waals surface area contributed by atoms with Crippen LogP contribution in [0.3, 0.4) is 0 Å². The van der Waals surface area contributed by atoms with Crippen molar-refractivity contribution in [2.75, 3.05) is 0 Å². The van der Waals surface area contributed by atoms with Crippen molar-refractivity contribution >= 4 is 15.9 Å². The van der Waals surface area contributed by atoms with Crippen LogP contribution >= 0.6 is 15.9 Å². The number of halogens is 3. The van der Waals surface area contributed by atoms with Gasteiger partial charge in [0.15, 0.2) is 0 Å². The summed E-state index contributed by atoms with van der Waals surface area (Å²) in [5, 5.41) is 9.13. The molecule has 1 rings (SSSR count). The van der Waals surface area contributed by atoms with Crippen molar-refractivity contribution in [3.63, 3.8) is 0 Å². The molecule has 1 N–H and O–H groups in total. The first kappa shape index (κ1) is 10.6. The van der Waals surface area contributed by atoms with E-state index < -0.39 is 12.5 Å². The molecule has 0 spiro atoms. The summed E-state index contributed by atoms with van der Waals surface area (Å²) in [6.45, 7) is 1.69. The maximum atomic E-state index is 12.2. The first-order chi connectivity index (χ1) is 6.02. The van der Waals surface area contributed by atoms with Crippen molar-refractivity contribution in [2.45, 2.75) is 19.5 Å². The van der Waals surface area contributed by atoms with Gasteiger partial charge in [-0.05, 0) is 30.2 Å². The Morgan fingerprint density at radius 2 is 2.00 bits per heavy atom. The third-order valence-electron chi connectivity index (χ3n) is 1.80. The maximum absolute atomic E-state index is 12.2. The van der Waals surface area contributed by atoms with Gasteiger partial charge < -0.3 is 5.11 Å². The van der Waals surface area contributed by atoms with Crippen molar-refractivity contribution in [3.8, 4) is 0 Å². The number of aryl methyl sites for hydroxylation is 1. The van der Waals surface area contributed by atoms with E-state index in [1.165, 1.54) is 6.07 Å². The van der Waals surface area contributed by atoms with Gasteiger partial charge in [0.05, 0.1) is 0 Å². The smallest absolute Gasteiger partial charge is 0.268 e. The van der Waals surface area contributed by atoms with Crippen molar-refractivity contribution in [1.29, 1.82) is 0 Å². The topological polar surface area (TPSA) is 20.2 Å². The lowest BCUT2D eigenvalue weighted by atomic mass is 10.0. The Morgan fingerprint density at radius 1 is 1.38 bits per heavy atom. The van der Waals surface area contributed by atoms with Crippen LogP contribution in [-0.2, 0) is 0 Å². The van der Waals surface area contributed by atoms with E-state index in [4.69, 9.17) is 5.11 Å².